The van der Waals surface area contributed by atoms with E-state index in [1.165, 1.54) is 11.3 Å². The van der Waals surface area contributed by atoms with Crippen LogP contribution < -0.4 is 10.6 Å². The van der Waals surface area contributed by atoms with Gasteiger partial charge in [-0.2, -0.15) is 0 Å². The van der Waals surface area contributed by atoms with Gasteiger partial charge in [-0.15, -0.1) is 0 Å². The summed E-state index contributed by atoms with van der Waals surface area (Å²) in [5.74, 6) is 0. The number of aromatic nitrogens is 1. The van der Waals surface area contributed by atoms with Crippen molar-refractivity contribution >= 4 is 27.9 Å². The molecule has 0 aliphatic heterocycles. The van der Waals surface area contributed by atoms with Crippen LogP contribution in [0.25, 0.3) is 0 Å². The molecule has 1 rings (SSSR count). The molecule has 0 aliphatic carbocycles. The van der Waals surface area contributed by atoms with E-state index in [1.807, 2.05) is 13.8 Å². The number of carbonyl (C=O) groups excluding carboxylic acids is 1. The van der Waals surface area contributed by atoms with Crippen LogP contribution in [-0.2, 0) is 11.2 Å². The lowest BCUT2D eigenvalue weighted by atomic mass is 10.3. The molecule has 0 saturated carbocycles. The minimum Gasteiger partial charge on any atom is -0.362 e. The summed E-state index contributed by atoms with van der Waals surface area (Å²) in [6.45, 7) is 4.87. The van der Waals surface area contributed by atoms with Crippen LogP contribution in [-0.4, -0.2) is 17.9 Å². The summed E-state index contributed by atoms with van der Waals surface area (Å²) in [7, 11) is 0. The van der Waals surface area contributed by atoms with Crippen LogP contribution in [0.5, 0.6) is 0 Å². The number of carbonyl (C=O) groups is 1. The first-order valence-corrected chi connectivity index (χ1v) is 5.07. The molecule has 0 saturated heterocycles. The Morgan fingerprint density at radius 3 is 2.85 bits per heavy atom. The average Bonchev–Trinajstić information content (AvgIpc) is 2.49. The van der Waals surface area contributed by atoms with Crippen LogP contribution in [0.1, 0.15) is 19.5 Å². The molecule has 1 amide bonds. The van der Waals surface area contributed by atoms with E-state index >= 15 is 0 Å². The minimum absolute atomic E-state index is 0.683. The maximum atomic E-state index is 10.3. The zero-order valence-corrected chi connectivity index (χ0v) is 8.57. The van der Waals surface area contributed by atoms with Gasteiger partial charge in [-0.1, -0.05) is 18.3 Å². The van der Waals surface area contributed by atoms with E-state index in [0.29, 0.717) is 6.41 Å². The number of amides is 1. The van der Waals surface area contributed by atoms with Gasteiger partial charge in [0.1, 0.15) is 5.00 Å². The zero-order chi connectivity index (χ0) is 9.68. The van der Waals surface area contributed by atoms with Crippen molar-refractivity contribution in [2.45, 2.75) is 20.3 Å². The number of hydrogen-bond acceptors (Lipinski definition) is 4. The molecule has 0 spiro atoms. The Morgan fingerprint density at radius 1 is 1.54 bits per heavy atom. The molecule has 0 aliphatic rings. The van der Waals surface area contributed by atoms with Crippen molar-refractivity contribution in [2.24, 2.45) is 0 Å². The third kappa shape index (κ3) is 2.42. The van der Waals surface area contributed by atoms with Gasteiger partial charge in [0.05, 0.1) is 5.69 Å². The number of rotatable bonds is 5. The molecular formula is C8H13N3OS. The van der Waals surface area contributed by atoms with Crippen LogP contribution in [0.15, 0.2) is 0 Å². The summed E-state index contributed by atoms with van der Waals surface area (Å²) < 4.78 is 0. The monoisotopic (exact) mass is 199 g/mol. The van der Waals surface area contributed by atoms with Gasteiger partial charge in [-0.05, 0) is 13.3 Å². The van der Waals surface area contributed by atoms with Crippen LogP contribution in [0.4, 0.5) is 10.1 Å². The van der Waals surface area contributed by atoms with Crippen molar-refractivity contribution in [2.75, 3.05) is 17.2 Å². The second kappa shape index (κ2) is 4.81. The lowest BCUT2D eigenvalue weighted by molar-refractivity contribution is -0.105. The second-order valence-corrected chi connectivity index (χ2v) is 3.44. The van der Waals surface area contributed by atoms with E-state index in [2.05, 4.69) is 15.6 Å². The quantitative estimate of drug-likeness (QED) is 0.710. The van der Waals surface area contributed by atoms with Crippen molar-refractivity contribution in [3.05, 3.63) is 5.69 Å². The fraction of sp³-hybridized carbons (Fsp3) is 0.500. The molecule has 0 radical (unpaired) electrons. The van der Waals surface area contributed by atoms with Crippen LogP contribution in [0.2, 0.25) is 0 Å². The normalized spacial score (nSPS) is 9.69. The van der Waals surface area contributed by atoms with Gasteiger partial charge in [0.2, 0.25) is 6.41 Å². The number of hydrogen-bond donors (Lipinski definition) is 2. The van der Waals surface area contributed by atoms with Gasteiger partial charge < -0.3 is 10.6 Å². The van der Waals surface area contributed by atoms with E-state index in [9.17, 15) is 4.79 Å². The van der Waals surface area contributed by atoms with E-state index in [0.717, 1.165) is 28.8 Å². The van der Waals surface area contributed by atoms with Gasteiger partial charge in [0.15, 0.2) is 5.13 Å². The fourth-order valence-corrected chi connectivity index (χ4v) is 1.97. The van der Waals surface area contributed by atoms with Crippen LogP contribution in [0.3, 0.4) is 0 Å². The highest BCUT2D eigenvalue weighted by atomic mass is 32.1. The zero-order valence-electron chi connectivity index (χ0n) is 7.76. The lowest BCUT2D eigenvalue weighted by Crippen LogP contribution is -1.96. The van der Waals surface area contributed by atoms with Gasteiger partial charge in [0, 0.05) is 6.54 Å². The van der Waals surface area contributed by atoms with Gasteiger partial charge >= 0.3 is 0 Å². The molecule has 1 aromatic rings. The second-order valence-electron chi connectivity index (χ2n) is 2.44. The highest BCUT2D eigenvalue weighted by Gasteiger charge is 2.07. The summed E-state index contributed by atoms with van der Waals surface area (Å²) in [6.07, 6.45) is 1.51. The Labute approximate surface area is 81.4 Å². The molecule has 5 heteroatoms. The lowest BCUT2D eigenvalue weighted by Gasteiger charge is -1.93. The Hall–Kier alpha value is -1.10. The molecule has 4 nitrogen and oxygen atoms in total. The smallest absolute Gasteiger partial charge is 0.212 e. The van der Waals surface area contributed by atoms with E-state index in [1.54, 1.807) is 0 Å². The molecule has 0 unspecified atom stereocenters. The van der Waals surface area contributed by atoms with E-state index in [-0.39, 0.29) is 0 Å². The summed E-state index contributed by atoms with van der Waals surface area (Å²) in [5, 5.41) is 7.46. The van der Waals surface area contributed by atoms with E-state index in [4.69, 9.17) is 0 Å². The summed E-state index contributed by atoms with van der Waals surface area (Å²) in [6, 6.07) is 0. The number of anilines is 2. The summed E-state index contributed by atoms with van der Waals surface area (Å²) >= 11 is 1.47. The first kappa shape index (κ1) is 9.98. The predicted molar refractivity (Wildman–Crippen MR) is 55.3 cm³/mol. The molecule has 0 atom stereocenters. The molecule has 1 heterocycles. The number of nitrogens with zero attached hydrogens (tertiary/aromatic N) is 1. The van der Waals surface area contributed by atoms with Gasteiger partial charge in [-0.25, -0.2) is 4.98 Å². The first-order chi connectivity index (χ1) is 6.31. The maximum Gasteiger partial charge on any atom is 0.212 e. The molecule has 1 aromatic heterocycles. The van der Waals surface area contributed by atoms with Gasteiger partial charge in [-0.3, -0.25) is 4.79 Å². The minimum atomic E-state index is 0.683. The number of thiazole rings is 1. The third-order valence-corrected chi connectivity index (χ3v) is 2.54. The molecule has 2 N–H and O–H groups in total. The topological polar surface area (TPSA) is 54.0 Å². The van der Waals surface area contributed by atoms with Gasteiger partial charge in [0.25, 0.3) is 0 Å². The average molecular weight is 199 g/mol. The maximum absolute atomic E-state index is 10.3. The summed E-state index contributed by atoms with van der Waals surface area (Å²) in [4.78, 5) is 14.6. The Balaban J connectivity index is 2.83. The van der Waals surface area contributed by atoms with E-state index < -0.39 is 0 Å². The molecule has 0 fully saturated rings. The predicted octanol–water partition coefficient (Wildman–Crippen LogP) is 1.71. The van der Waals surface area contributed by atoms with Crippen LogP contribution >= 0.6 is 11.3 Å². The molecule has 13 heavy (non-hydrogen) atoms. The number of nitrogens with one attached hydrogen (secondary N) is 2. The fourth-order valence-electron chi connectivity index (χ4n) is 0.984. The number of aryl methyl sites for hydroxylation is 1. The molecule has 72 valence electrons. The Bertz CT molecular complexity index is 285. The Kier molecular flexibility index (Phi) is 3.70. The highest BCUT2D eigenvalue weighted by Crippen LogP contribution is 2.27. The van der Waals surface area contributed by atoms with Crippen molar-refractivity contribution in [1.82, 2.24) is 4.98 Å². The van der Waals surface area contributed by atoms with Crippen molar-refractivity contribution in [1.29, 1.82) is 0 Å². The molecule has 0 bridgehead atoms. The molecular weight excluding hydrogens is 186 g/mol. The third-order valence-electron chi connectivity index (χ3n) is 1.55. The van der Waals surface area contributed by atoms with Crippen molar-refractivity contribution in [3.63, 3.8) is 0 Å². The first-order valence-electron chi connectivity index (χ1n) is 4.25. The largest absolute Gasteiger partial charge is 0.362 e. The summed E-state index contributed by atoms with van der Waals surface area (Å²) in [5.41, 5.74) is 0.938. The highest BCUT2D eigenvalue weighted by molar-refractivity contribution is 7.19. The van der Waals surface area contributed by atoms with Crippen molar-refractivity contribution in [3.8, 4) is 0 Å². The Morgan fingerprint density at radius 2 is 2.31 bits per heavy atom. The van der Waals surface area contributed by atoms with Crippen molar-refractivity contribution < 1.29 is 4.79 Å². The molecule has 0 aromatic carbocycles. The standard InChI is InChI=1S/C8H13N3OS/c1-3-6-7(10-5-12)13-8(11-6)9-4-2/h5H,3-4H2,1-2H3,(H,9,11)(H,10,12). The van der Waals surface area contributed by atoms with Crippen LogP contribution in [0, 0.1) is 0 Å². The SMILES string of the molecule is CCNc1nc(CC)c(NC=O)s1.